The molecule has 2 aliphatic heterocycles. The van der Waals surface area contributed by atoms with Crippen molar-refractivity contribution in [2.45, 2.75) is 38.3 Å². The average molecular weight is 333 g/mol. The van der Waals surface area contributed by atoms with Crippen LogP contribution < -0.4 is 5.32 Å². The van der Waals surface area contributed by atoms with Gasteiger partial charge in [-0.05, 0) is 75.0 Å². The highest BCUT2D eigenvalue weighted by molar-refractivity contribution is 6.30. The van der Waals surface area contributed by atoms with Crippen LogP contribution in [0.2, 0.25) is 5.02 Å². The molecule has 0 aliphatic carbocycles. The molecule has 1 aromatic carbocycles. The summed E-state index contributed by atoms with van der Waals surface area (Å²) in [4.78, 5) is 2.41. The van der Waals surface area contributed by atoms with Crippen LogP contribution in [0.3, 0.4) is 0 Å². The van der Waals surface area contributed by atoms with Gasteiger partial charge in [-0.1, -0.05) is 11.6 Å². The SMILES string of the molecule is Cl.Fc1cc(Cl)cc(CN2CCC(C3CCCN3)CC2)c1. The molecular weight excluding hydrogens is 310 g/mol. The number of likely N-dealkylation sites (tertiary alicyclic amines) is 1. The molecule has 1 unspecified atom stereocenters. The fraction of sp³-hybridized carbons (Fsp3) is 0.625. The van der Waals surface area contributed by atoms with Crippen molar-refractivity contribution in [3.05, 3.63) is 34.6 Å². The molecule has 0 radical (unpaired) electrons. The number of rotatable bonds is 3. The molecule has 2 fully saturated rings. The average Bonchev–Trinajstić information content (AvgIpc) is 2.92. The van der Waals surface area contributed by atoms with Crippen molar-refractivity contribution in [1.29, 1.82) is 0 Å². The fourth-order valence-electron chi connectivity index (χ4n) is 3.59. The van der Waals surface area contributed by atoms with Crippen LogP contribution in [0.5, 0.6) is 0 Å². The first-order valence-electron chi connectivity index (χ1n) is 7.61. The summed E-state index contributed by atoms with van der Waals surface area (Å²) in [5.74, 6) is 0.586. The minimum atomic E-state index is -0.238. The largest absolute Gasteiger partial charge is 0.314 e. The van der Waals surface area contributed by atoms with E-state index in [0.29, 0.717) is 5.02 Å². The Morgan fingerprint density at radius 3 is 2.57 bits per heavy atom. The Morgan fingerprint density at radius 2 is 1.95 bits per heavy atom. The number of halogens is 3. The lowest BCUT2D eigenvalue weighted by Gasteiger charge is -2.35. The first-order valence-corrected chi connectivity index (χ1v) is 7.99. The zero-order valence-corrected chi connectivity index (χ0v) is 13.7. The Balaban J connectivity index is 0.00000161. The third-order valence-corrected chi connectivity index (χ3v) is 4.85. The second-order valence-corrected chi connectivity index (χ2v) is 6.53. The first-order chi connectivity index (χ1) is 9.70. The molecule has 21 heavy (non-hydrogen) atoms. The number of nitrogens with zero attached hydrogens (tertiary/aromatic N) is 1. The highest BCUT2D eigenvalue weighted by Crippen LogP contribution is 2.26. The Hall–Kier alpha value is -0.350. The van der Waals surface area contributed by atoms with Crippen molar-refractivity contribution >= 4 is 24.0 Å². The molecule has 1 aromatic rings. The summed E-state index contributed by atoms with van der Waals surface area (Å²) in [5.41, 5.74) is 0.979. The summed E-state index contributed by atoms with van der Waals surface area (Å²) in [6.07, 6.45) is 5.16. The van der Waals surface area contributed by atoms with Gasteiger partial charge in [0.15, 0.2) is 0 Å². The quantitative estimate of drug-likeness (QED) is 0.903. The Kier molecular flexibility index (Phi) is 6.30. The van der Waals surface area contributed by atoms with Gasteiger partial charge in [0.1, 0.15) is 5.82 Å². The van der Waals surface area contributed by atoms with Crippen LogP contribution in [-0.4, -0.2) is 30.6 Å². The summed E-state index contributed by atoms with van der Waals surface area (Å²) < 4.78 is 13.3. The van der Waals surface area contributed by atoms with Crippen LogP contribution in [0.25, 0.3) is 0 Å². The standard InChI is InChI=1S/C16H22ClFN2.ClH/c17-14-8-12(9-15(18)10-14)11-20-6-3-13(4-7-20)16-2-1-5-19-16;/h8-10,13,16,19H,1-7,11H2;1H. The minimum absolute atomic E-state index is 0. The van der Waals surface area contributed by atoms with E-state index in [-0.39, 0.29) is 18.2 Å². The van der Waals surface area contributed by atoms with Crippen molar-refractivity contribution in [3.63, 3.8) is 0 Å². The van der Waals surface area contributed by atoms with Crippen LogP contribution in [0.1, 0.15) is 31.2 Å². The van der Waals surface area contributed by atoms with Gasteiger partial charge in [-0.15, -0.1) is 12.4 Å². The van der Waals surface area contributed by atoms with Crippen molar-refractivity contribution in [2.24, 2.45) is 5.92 Å². The maximum atomic E-state index is 13.3. The third-order valence-electron chi connectivity index (χ3n) is 4.63. The molecular formula is C16H23Cl2FN2. The van der Waals surface area contributed by atoms with E-state index < -0.39 is 0 Å². The van der Waals surface area contributed by atoms with E-state index in [1.165, 1.54) is 38.3 Å². The summed E-state index contributed by atoms with van der Waals surface area (Å²) >= 11 is 5.91. The second kappa shape index (κ2) is 7.77. The highest BCUT2D eigenvalue weighted by atomic mass is 35.5. The maximum Gasteiger partial charge on any atom is 0.125 e. The topological polar surface area (TPSA) is 15.3 Å². The molecule has 2 nitrogen and oxygen atoms in total. The fourth-order valence-corrected chi connectivity index (χ4v) is 3.83. The molecule has 0 amide bonds. The van der Waals surface area contributed by atoms with Crippen LogP contribution >= 0.6 is 24.0 Å². The van der Waals surface area contributed by atoms with Crippen LogP contribution in [0, 0.1) is 11.7 Å². The minimum Gasteiger partial charge on any atom is -0.314 e. The maximum absolute atomic E-state index is 13.3. The number of benzene rings is 1. The zero-order chi connectivity index (χ0) is 13.9. The molecule has 0 saturated carbocycles. The third kappa shape index (κ3) is 4.56. The van der Waals surface area contributed by atoms with Gasteiger partial charge in [0.05, 0.1) is 0 Å². The number of hydrogen-bond acceptors (Lipinski definition) is 2. The van der Waals surface area contributed by atoms with E-state index in [1.807, 2.05) is 6.07 Å². The normalized spacial score (nSPS) is 24.0. The lowest BCUT2D eigenvalue weighted by molar-refractivity contribution is 0.157. The van der Waals surface area contributed by atoms with Crippen LogP contribution in [0.4, 0.5) is 4.39 Å². The van der Waals surface area contributed by atoms with E-state index in [1.54, 1.807) is 6.07 Å². The lowest BCUT2D eigenvalue weighted by atomic mass is 9.88. The van der Waals surface area contributed by atoms with Crippen LogP contribution in [0.15, 0.2) is 18.2 Å². The molecule has 2 aliphatic rings. The molecule has 5 heteroatoms. The molecule has 118 valence electrons. The van der Waals surface area contributed by atoms with Crippen LogP contribution in [-0.2, 0) is 6.54 Å². The molecule has 1 N–H and O–H groups in total. The smallest absolute Gasteiger partial charge is 0.125 e. The number of piperidine rings is 1. The predicted octanol–water partition coefficient (Wildman–Crippen LogP) is 3.86. The Bertz CT molecular complexity index is 435. The molecule has 0 aromatic heterocycles. The highest BCUT2D eigenvalue weighted by Gasteiger charge is 2.28. The van der Waals surface area contributed by atoms with Gasteiger partial charge in [0.25, 0.3) is 0 Å². The molecule has 0 spiro atoms. The van der Waals surface area contributed by atoms with Crippen molar-refractivity contribution in [3.8, 4) is 0 Å². The lowest BCUT2D eigenvalue weighted by Crippen LogP contribution is -2.40. The Labute approximate surface area is 137 Å². The van der Waals surface area contributed by atoms with Gasteiger partial charge in [-0.2, -0.15) is 0 Å². The van der Waals surface area contributed by atoms with Crippen molar-refractivity contribution < 1.29 is 4.39 Å². The van der Waals surface area contributed by atoms with E-state index in [9.17, 15) is 4.39 Å². The van der Waals surface area contributed by atoms with Gasteiger partial charge in [-0.3, -0.25) is 4.90 Å². The molecule has 2 heterocycles. The first kappa shape index (κ1) is 17.0. The van der Waals surface area contributed by atoms with Gasteiger partial charge in [0, 0.05) is 17.6 Å². The summed E-state index contributed by atoms with van der Waals surface area (Å²) in [7, 11) is 0. The van der Waals surface area contributed by atoms with Gasteiger partial charge < -0.3 is 5.32 Å². The number of nitrogens with one attached hydrogen (secondary N) is 1. The van der Waals surface area contributed by atoms with Gasteiger partial charge in [-0.25, -0.2) is 4.39 Å². The van der Waals surface area contributed by atoms with Gasteiger partial charge >= 0.3 is 0 Å². The van der Waals surface area contributed by atoms with Gasteiger partial charge in [0.2, 0.25) is 0 Å². The molecule has 0 bridgehead atoms. The summed E-state index contributed by atoms with van der Waals surface area (Å²) in [6.45, 7) is 4.21. The number of hydrogen-bond donors (Lipinski definition) is 1. The van der Waals surface area contributed by atoms with Crippen molar-refractivity contribution in [2.75, 3.05) is 19.6 Å². The predicted molar refractivity (Wildman–Crippen MR) is 87.7 cm³/mol. The summed E-state index contributed by atoms with van der Waals surface area (Å²) in [6, 6.07) is 5.56. The molecule has 3 rings (SSSR count). The van der Waals surface area contributed by atoms with E-state index in [0.717, 1.165) is 37.2 Å². The second-order valence-electron chi connectivity index (χ2n) is 6.09. The molecule has 1 atom stereocenters. The van der Waals surface area contributed by atoms with E-state index in [2.05, 4.69) is 10.2 Å². The Morgan fingerprint density at radius 1 is 1.19 bits per heavy atom. The van der Waals surface area contributed by atoms with E-state index in [4.69, 9.17) is 11.6 Å². The van der Waals surface area contributed by atoms with Crippen molar-refractivity contribution in [1.82, 2.24) is 10.2 Å². The molecule has 2 saturated heterocycles. The monoisotopic (exact) mass is 332 g/mol. The van der Waals surface area contributed by atoms with E-state index >= 15 is 0 Å². The zero-order valence-electron chi connectivity index (χ0n) is 12.2. The summed E-state index contributed by atoms with van der Waals surface area (Å²) in [5, 5.41) is 4.11.